The van der Waals surface area contributed by atoms with Gasteiger partial charge in [0.25, 0.3) is 0 Å². The largest absolute Gasteiger partial charge is 0.367 e. The number of anilines is 1. The van der Waals surface area contributed by atoms with E-state index in [-0.39, 0.29) is 0 Å². The Morgan fingerprint density at radius 1 is 1.09 bits per heavy atom. The van der Waals surface area contributed by atoms with Crippen LogP contribution in [-0.4, -0.2) is 33.1 Å². The van der Waals surface area contributed by atoms with Crippen molar-refractivity contribution < 1.29 is 0 Å². The van der Waals surface area contributed by atoms with Gasteiger partial charge in [-0.05, 0) is 29.0 Å². The smallest absolute Gasteiger partial charge is 0.0886 e. The van der Waals surface area contributed by atoms with Crippen molar-refractivity contribution in [1.82, 2.24) is 20.0 Å². The number of nitrogens with zero attached hydrogens (tertiary/aromatic N) is 5. The van der Waals surface area contributed by atoms with Crippen LogP contribution in [0.3, 0.4) is 0 Å². The summed E-state index contributed by atoms with van der Waals surface area (Å²) < 4.78 is 1.94. The van der Waals surface area contributed by atoms with Gasteiger partial charge in [0, 0.05) is 42.8 Å². The summed E-state index contributed by atoms with van der Waals surface area (Å²) in [6, 6.07) is 7.03. The van der Waals surface area contributed by atoms with Gasteiger partial charge in [-0.25, -0.2) is 4.68 Å². The third-order valence-corrected chi connectivity index (χ3v) is 4.47. The molecule has 0 amide bonds. The zero-order chi connectivity index (χ0) is 15.1. The van der Waals surface area contributed by atoms with Crippen LogP contribution in [0.5, 0.6) is 0 Å². The minimum Gasteiger partial charge on any atom is -0.367 e. The van der Waals surface area contributed by atoms with Crippen LogP contribution in [0.1, 0.15) is 31.4 Å². The highest BCUT2D eigenvalue weighted by molar-refractivity contribution is 5.96. The zero-order valence-electron chi connectivity index (χ0n) is 12.8. The predicted molar refractivity (Wildman–Crippen MR) is 87.1 cm³/mol. The van der Waals surface area contributed by atoms with Crippen LogP contribution in [0.4, 0.5) is 5.69 Å². The highest BCUT2D eigenvalue weighted by Gasteiger charge is 2.30. The Bertz CT molecular complexity index is 788. The van der Waals surface area contributed by atoms with Crippen LogP contribution >= 0.6 is 0 Å². The summed E-state index contributed by atoms with van der Waals surface area (Å²) in [5.41, 5.74) is 2.65. The maximum Gasteiger partial charge on any atom is 0.0886 e. The van der Waals surface area contributed by atoms with E-state index in [4.69, 9.17) is 0 Å². The SMILES string of the molecule is CC(C)c1ccc(N2CC(n3ccnn3)C2)c2cnccc12. The summed E-state index contributed by atoms with van der Waals surface area (Å²) in [5.74, 6) is 0.512. The van der Waals surface area contributed by atoms with Crippen LogP contribution < -0.4 is 4.90 Å². The molecule has 3 heterocycles. The minimum atomic E-state index is 0.416. The average Bonchev–Trinajstić information content (AvgIpc) is 2.99. The molecule has 0 N–H and O–H groups in total. The molecule has 0 radical (unpaired) electrons. The van der Waals surface area contributed by atoms with E-state index in [1.54, 1.807) is 6.20 Å². The molecule has 1 aliphatic rings. The molecule has 0 saturated carbocycles. The zero-order valence-corrected chi connectivity index (χ0v) is 12.8. The molecule has 1 fully saturated rings. The molecular formula is C17H19N5. The van der Waals surface area contributed by atoms with Gasteiger partial charge in [0.2, 0.25) is 0 Å². The van der Waals surface area contributed by atoms with Crippen LogP contribution in [0.2, 0.25) is 0 Å². The van der Waals surface area contributed by atoms with Crippen LogP contribution in [0.25, 0.3) is 10.8 Å². The van der Waals surface area contributed by atoms with Crippen LogP contribution in [-0.2, 0) is 0 Å². The Hall–Kier alpha value is -2.43. The lowest BCUT2D eigenvalue weighted by Crippen LogP contribution is -2.48. The molecule has 2 aromatic heterocycles. The summed E-state index contributed by atoms with van der Waals surface area (Å²) in [4.78, 5) is 6.72. The molecule has 112 valence electrons. The standard InChI is InChI=1S/C17H19N5/c1-12(2)14-3-4-17(16-9-18-6-5-15(14)16)21-10-13(11-21)22-8-7-19-20-22/h3-9,12-13H,10-11H2,1-2H3. The number of hydrogen-bond acceptors (Lipinski definition) is 4. The van der Waals surface area contributed by atoms with Gasteiger partial charge in [-0.3, -0.25) is 4.98 Å². The first-order chi connectivity index (χ1) is 10.7. The summed E-state index contributed by atoms with van der Waals surface area (Å²) in [6.45, 7) is 6.40. The summed E-state index contributed by atoms with van der Waals surface area (Å²) in [6.07, 6.45) is 7.54. The average molecular weight is 293 g/mol. The fourth-order valence-electron chi connectivity index (χ4n) is 3.21. The molecule has 0 atom stereocenters. The third kappa shape index (κ3) is 2.04. The van der Waals surface area contributed by atoms with Gasteiger partial charge in [-0.1, -0.05) is 25.1 Å². The van der Waals surface area contributed by atoms with Gasteiger partial charge < -0.3 is 4.90 Å². The Kier molecular flexibility index (Phi) is 3.06. The van der Waals surface area contributed by atoms with E-state index in [1.165, 1.54) is 22.0 Å². The molecule has 0 unspecified atom stereocenters. The number of benzene rings is 1. The first-order valence-electron chi connectivity index (χ1n) is 7.71. The lowest BCUT2D eigenvalue weighted by atomic mass is 9.95. The van der Waals surface area contributed by atoms with Crippen molar-refractivity contribution in [2.45, 2.75) is 25.8 Å². The van der Waals surface area contributed by atoms with Gasteiger partial charge in [0.05, 0.1) is 12.2 Å². The Morgan fingerprint density at radius 2 is 1.95 bits per heavy atom. The van der Waals surface area contributed by atoms with Gasteiger partial charge in [0.1, 0.15) is 0 Å². The molecule has 1 aromatic carbocycles. The minimum absolute atomic E-state index is 0.416. The van der Waals surface area contributed by atoms with E-state index in [0.29, 0.717) is 12.0 Å². The fraction of sp³-hybridized carbons (Fsp3) is 0.353. The molecular weight excluding hydrogens is 274 g/mol. The number of hydrogen-bond donors (Lipinski definition) is 0. The van der Waals surface area contributed by atoms with Crippen LogP contribution in [0.15, 0.2) is 43.0 Å². The molecule has 22 heavy (non-hydrogen) atoms. The van der Waals surface area contributed by atoms with E-state index >= 15 is 0 Å². The van der Waals surface area contributed by atoms with E-state index in [0.717, 1.165) is 13.1 Å². The topological polar surface area (TPSA) is 46.8 Å². The first-order valence-corrected chi connectivity index (χ1v) is 7.71. The Balaban J connectivity index is 1.68. The van der Waals surface area contributed by atoms with Crippen molar-refractivity contribution in [2.24, 2.45) is 0 Å². The molecule has 1 aliphatic heterocycles. The highest BCUT2D eigenvalue weighted by Crippen LogP contribution is 2.36. The molecule has 5 heteroatoms. The third-order valence-electron chi connectivity index (χ3n) is 4.47. The molecule has 0 spiro atoms. The maximum absolute atomic E-state index is 4.33. The number of aromatic nitrogens is 4. The predicted octanol–water partition coefficient (Wildman–Crippen LogP) is 3.01. The lowest BCUT2D eigenvalue weighted by molar-refractivity contribution is 0.361. The van der Waals surface area contributed by atoms with E-state index in [1.807, 2.05) is 23.3 Å². The summed E-state index contributed by atoms with van der Waals surface area (Å²) in [5, 5.41) is 10.5. The van der Waals surface area contributed by atoms with Crippen LogP contribution in [0, 0.1) is 0 Å². The van der Waals surface area contributed by atoms with Crippen molar-refractivity contribution >= 4 is 16.5 Å². The van der Waals surface area contributed by atoms with E-state index in [9.17, 15) is 0 Å². The normalized spacial score (nSPS) is 15.5. The van der Waals surface area contributed by atoms with Gasteiger partial charge in [-0.2, -0.15) is 0 Å². The lowest BCUT2D eigenvalue weighted by Gasteiger charge is -2.41. The molecule has 1 saturated heterocycles. The fourth-order valence-corrected chi connectivity index (χ4v) is 3.21. The maximum atomic E-state index is 4.33. The second kappa shape index (κ2) is 5.09. The van der Waals surface area contributed by atoms with Crippen molar-refractivity contribution in [3.63, 3.8) is 0 Å². The molecule has 3 aromatic rings. The van der Waals surface area contributed by atoms with Crippen molar-refractivity contribution in [3.8, 4) is 0 Å². The van der Waals surface area contributed by atoms with Gasteiger partial charge in [-0.15, -0.1) is 5.10 Å². The summed E-state index contributed by atoms with van der Waals surface area (Å²) in [7, 11) is 0. The summed E-state index contributed by atoms with van der Waals surface area (Å²) >= 11 is 0. The van der Waals surface area contributed by atoms with Gasteiger partial charge in [0.15, 0.2) is 0 Å². The first kappa shape index (κ1) is 13.2. The Labute approximate surface area is 129 Å². The molecule has 5 nitrogen and oxygen atoms in total. The van der Waals surface area contributed by atoms with E-state index < -0.39 is 0 Å². The van der Waals surface area contributed by atoms with Crippen molar-refractivity contribution in [1.29, 1.82) is 0 Å². The number of rotatable bonds is 3. The molecule has 0 aliphatic carbocycles. The number of fused-ring (bicyclic) bond motifs is 1. The van der Waals surface area contributed by atoms with Crippen molar-refractivity contribution in [3.05, 3.63) is 48.5 Å². The van der Waals surface area contributed by atoms with Crippen molar-refractivity contribution in [2.75, 3.05) is 18.0 Å². The second-order valence-electron chi connectivity index (χ2n) is 6.19. The molecule has 4 rings (SSSR count). The highest BCUT2D eigenvalue weighted by atomic mass is 15.5. The quantitative estimate of drug-likeness (QED) is 0.745. The number of pyridine rings is 1. The second-order valence-corrected chi connectivity index (χ2v) is 6.19. The monoisotopic (exact) mass is 293 g/mol. The Morgan fingerprint density at radius 3 is 2.68 bits per heavy atom. The van der Waals surface area contributed by atoms with Gasteiger partial charge >= 0.3 is 0 Å². The van der Waals surface area contributed by atoms with E-state index in [2.05, 4.69) is 52.2 Å². The molecule has 0 bridgehead atoms.